The molecule has 0 aliphatic carbocycles. The summed E-state index contributed by atoms with van der Waals surface area (Å²) in [6, 6.07) is 5.80. The molecular formula is C13H19BrN2O. The standard InChI is InChI=1S/C13H19BrN2O/c1-4-13(15,5-2)12(17)16-11-7-6-9(3)8-10(11)14/h6-8H,4-5,15H2,1-3H3,(H,16,17). The maximum Gasteiger partial charge on any atom is 0.244 e. The Labute approximate surface area is 111 Å². The van der Waals surface area contributed by atoms with Crippen LogP contribution >= 0.6 is 15.9 Å². The monoisotopic (exact) mass is 298 g/mol. The molecule has 0 heterocycles. The van der Waals surface area contributed by atoms with E-state index in [0.717, 1.165) is 15.7 Å². The number of carbonyl (C=O) groups is 1. The number of aryl methyl sites for hydroxylation is 1. The van der Waals surface area contributed by atoms with E-state index in [1.807, 2.05) is 39.0 Å². The second-order valence-corrected chi connectivity index (χ2v) is 5.16. The average molecular weight is 299 g/mol. The normalized spacial score (nSPS) is 11.4. The number of benzene rings is 1. The minimum Gasteiger partial charge on any atom is -0.323 e. The average Bonchev–Trinajstić information content (AvgIpc) is 2.31. The lowest BCUT2D eigenvalue weighted by Gasteiger charge is -2.25. The number of halogens is 1. The predicted octanol–water partition coefficient (Wildman–Crippen LogP) is 3.21. The van der Waals surface area contributed by atoms with E-state index in [1.165, 1.54) is 0 Å². The predicted molar refractivity (Wildman–Crippen MR) is 75.0 cm³/mol. The molecule has 17 heavy (non-hydrogen) atoms. The summed E-state index contributed by atoms with van der Waals surface area (Å²) in [6.45, 7) is 5.85. The molecule has 0 radical (unpaired) electrons. The largest absolute Gasteiger partial charge is 0.323 e. The molecule has 0 fully saturated rings. The molecule has 1 rings (SSSR count). The highest BCUT2D eigenvalue weighted by Crippen LogP contribution is 2.25. The molecule has 0 bridgehead atoms. The van der Waals surface area contributed by atoms with Gasteiger partial charge in [0.1, 0.15) is 0 Å². The first kappa shape index (κ1) is 14.2. The van der Waals surface area contributed by atoms with Gasteiger partial charge in [-0.15, -0.1) is 0 Å². The van der Waals surface area contributed by atoms with E-state index in [9.17, 15) is 4.79 Å². The number of nitrogens with one attached hydrogen (secondary N) is 1. The van der Waals surface area contributed by atoms with Crippen molar-refractivity contribution in [2.24, 2.45) is 5.73 Å². The summed E-state index contributed by atoms with van der Waals surface area (Å²) in [5.74, 6) is -0.132. The Morgan fingerprint density at radius 3 is 2.47 bits per heavy atom. The van der Waals surface area contributed by atoms with Crippen LogP contribution in [0.5, 0.6) is 0 Å². The van der Waals surface area contributed by atoms with E-state index in [0.29, 0.717) is 12.8 Å². The van der Waals surface area contributed by atoms with Crippen molar-refractivity contribution in [2.45, 2.75) is 39.2 Å². The summed E-state index contributed by atoms with van der Waals surface area (Å²) in [6.07, 6.45) is 1.25. The minimum absolute atomic E-state index is 0.132. The van der Waals surface area contributed by atoms with Crippen LogP contribution in [0.15, 0.2) is 22.7 Å². The lowest BCUT2D eigenvalue weighted by molar-refractivity contribution is -0.121. The fourth-order valence-corrected chi connectivity index (χ4v) is 2.13. The summed E-state index contributed by atoms with van der Waals surface area (Å²) >= 11 is 3.43. The fourth-order valence-electron chi connectivity index (χ4n) is 1.54. The summed E-state index contributed by atoms with van der Waals surface area (Å²) < 4.78 is 0.875. The third-order valence-electron chi connectivity index (χ3n) is 3.09. The summed E-state index contributed by atoms with van der Waals surface area (Å²) in [7, 11) is 0. The highest BCUT2D eigenvalue weighted by molar-refractivity contribution is 9.10. The molecule has 3 N–H and O–H groups in total. The zero-order valence-electron chi connectivity index (χ0n) is 10.5. The van der Waals surface area contributed by atoms with Gasteiger partial charge in [-0.2, -0.15) is 0 Å². The topological polar surface area (TPSA) is 55.1 Å². The molecule has 0 unspecified atom stereocenters. The van der Waals surface area contributed by atoms with E-state index >= 15 is 0 Å². The van der Waals surface area contributed by atoms with Crippen molar-refractivity contribution in [2.75, 3.05) is 5.32 Å². The number of carbonyl (C=O) groups excluding carboxylic acids is 1. The Kier molecular flexibility index (Phi) is 4.71. The van der Waals surface area contributed by atoms with Crippen LogP contribution in [0.2, 0.25) is 0 Å². The number of hydrogen-bond donors (Lipinski definition) is 2. The van der Waals surface area contributed by atoms with Gasteiger partial charge in [-0.25, -0.2) is 0 Å². The van der Waals surface area contributed by atoms with Gasteiger partial charge in [-0.05, 0) is 53.4 Å². The summed E-state index contributed by atoms with van der Waals surface area (Å²) in [4.78, 5) is 12.1. The van der Waals surface area contributed by atoms with Crippen LogP contribution in [-0.4, -0.2) is 11.4 Å². The quantitative estimate of drug-likeness (QED) is 0.897. The van der Waals surface area contributed by atoms with E-state index in [1.54, 1.807) is 0 Å². The van der Waals surface area contributed by atoms with Gasteiger partial charge in [0.25, 0.3) is 0 Å². The van der Waals surface area contributed by atoms with Gasteiger partial charge >= 0.3 is 0 Å². The van der Waals surface area contributed by atoms with Crippen LogP contribution in [0.25, 0.3) is 0 Å². The van der Waals surface area contributed by atoms with Gasteiger partial charge in [-0.1, -0.05) is 19.9 Å². The molecule has 1 amide bonds. The van der Waals surface area contributed by atoms with Gasteiger partial charge < -0.3 is 11.1 Å². The summed E-state index contributed by atoms with van der Waals surface area (Å²) in [5.41, 5.74) is 7.15. The van der Waals surface area contributed by atoms with Crippen LogP contribution < -0.4 is 11.1 Å². The van der Waals surface area contributed by atoms with Crippen LogP contribution in [-0.2, 0) is 4.79 Å². The van der Waals surface area contributed by atoms with Crippen LogP contribution in [0, 0.1) is 6.92 Å². The van der Waals surface area contributed by atoms with Gasteiger partial charge in [-0.3, -0.25) is 4.79 Å². The fraction of sp³-hybridized carbons (Fsp3) is 0.462. The van der Waals surface area contributed by atoms with Crippen molar-refractivity contribution in [3.63, 3.8) is 0 Å². The van der Waals surface area contributed by atoms with Crippen LogP contribution in [0.4, 0.5) is 5.69 Å². The van der Waals surface area contributed by atoms with Gasteiger partial charge in [0, 0.05) is 4.47 Å². The molecule has 3 nitrogen and oxygen atoms in total. The Morgan fingerprint density at radius 2 is 2.00 bits per heavy atom. The summed E-state index contributed by atoms with van der Waals surface area (Å²) in [5, 5.41) is 2.87. The molecule has 4 heteroatoms. The number of amides is 1. The minimum atomic E-state index is -0.787. The second kappa shape index (κ2) is 5.65. The molecule has 1 aromatic carbocycles. The Balaban J connectivity index is 2.88. The number of hydrogen-bond acceptors (Lipinski definition) is 2. The van der Waals surface area contributed by atoms with Crippen molar-refractivity contribution in [1.82, 2.24) is 0 Å². The van der Waals surface area contributed by atoms with Gasteiger partial charge in [0.05, 0.1) is 11.2 Å². The molecule has 94 valence electrons. The van der Waals surface area contributed by atoms with Gasteiger partial charge in [0.2, 0.25) is 5.91 Å². The molecule has 0 atom stereocenters. The van der Waals surface area contributed by atoms with Crippen molar-refractivity contribution >= 4 is 27.5 Å². The highest BCUT2D eigenvalue weighted by Gasteiger charge is 2.30. The third kappa shape index (κ3) is 3.30. The Hall–Kier alpha value is -0.870. The first-order valence-electron chi connectivity index (χ1n) is 5.79. The van der Waals surface area contributed by atoms with Crippen molar-refractivity contribution in [1.29, 1.82) is 0 Å². The molecule has 0 saturated heterocycles. The number of nitrogens with two attached hydrogens (primary N) is 1. The van der Waals surface area contributed by atoms with Crippen molar-refractivity contribution < 1.29 is 4.79 Å². The molecule has 0 aromatic heterocycles. The van der Waals surface area contributed by atoms with E-state index < -0.39 is 5.54 Å². The first-order chi connectivity index (χ1) is 7.92. The Bertz CT molecular complexity index is 414. The zero-order chi connectivity index (χ0) is 13.1. The smallest absolute Gasteiger partial charge is 0.244 e. The molecule has 0 aliphatic heterocycles. The lowest BCUT2D eigenvalue weighted by Crippen LogP contribution is -2.50. The maximum atomic E-state index is 12.1. The van der Waals surface area contributed by atoms with Crippen molar-refractivity contribution in [3.8, 4) is 0 Å². The molecular weight excluding hydrogens is 280 g/mol. The van der Waals surface area contributed by atoms with Gasteiger partial charge in [0.15, 0.2) is 0 Å². The van der Waals surface area contributed by atoms with Crippen LogP contribution in [0.3, 0.4) is 0 Å². The Morgan fingerprint density at radius 1 is 1.41 bits per heavy atom. The molecule has 0 spiro atoms. The highest BCUT2D eigenvalue weighted by atomic mass is 79.9. The van der Waals surface area contributed by atoms with E-state index in [4.69, 9.17) is 5.73 Å². The zero-order valence-corrected chi connectivity index (χ0v) is 12.1. The number of rotatable bonds is 4. The van der Waals surface area contributed by atoms with Crippen LogP contribution in [0.1, 0.15) is 32.3 Å². The number of anilines is 1. The maximum absolute atomic E-state index is 12.1. The molecule has 0 saturated carbocycles. The molecule has 1 aromatic rings. The third-order valence-corrected chi connectivity index (χ3v) is 3.74. The SMILES string of the molecule is CCC(N)(CC)C(=O)Nc1ccc(C)cc1Br. The lowest BCUT2D eigenvalue weighted by atomic mass is 9.93. The van der Waals surface area contributed by atoms with Crippen molar-refractivity contribution in [3.05, 3.63) is 28.2 Å². The second-order valence-electron chi connectivity index (χ2n) is 4.30. The van der Waals surface area contributed by atoms with E-state index in [2.05, 4.69) is 21.2 Å². The molecule has 0 aliphatic rings. The van der Waals surface area contributed by atoms with E-state index in [-0.39, 0.29) is 5.91 Å². The first-order valence-corrected chi connectivity index (χ1v) is 6.58.